The Balaban J connectivity index is 1.58. The molecule has 3 aliphatic rings. The van der Waals surface area contributed by atoms with Gasteiger partial charge in [-0.2, -0.15) is 0 Å². The molecule has 0 aromatic rings. The van der Waals surface area contributed by atoms with Crippen LogP contribution in [0.1, 0.15) is 38.5 Å². The molecule has 2 atom stereocenters. The molecule has 2 saturated heterocycles. The zero-order valence-corrected chi connectivity index (χ0v) is 10.7. The Bertz CT molecular complexity index is 303. The summed E-state index contributed by atoms with van der Waals surface area (Å²) in [7, 11) is 2.22. The Morgan fingerprint density at radius 2 is 1.88 bits per heavy atom. The normalized spacial score (nSPS) is 34.3. The molecular formula is C13H23N3O. The van der Waals surface area contributed by atoms with Gasteiger partial charge in [0, 0.05) is 31.2 Å². The minimum atomic E-state index is 0.177. The van der Waals surface area contributed by atoms with Gasteiger partial charge >= 0.3 is 6.03 Å². The van der Waals surface area contributed by atoms with Crippen molar-refractivity contribution >= 4 is 6.03 Å². The molecule has 2 unspecified atom stereocenters. The topological polar surface area (TPSA) is 35.6 Å². The molecule has 0 aromatic heterocycles. The summed E-state index contributed by atoms with van der Waals surface area (Å²) < 4.78 is 0. The highest BCUT2D eigenvalue weighted by Gasteiger charge is 2.36. The van der Waals surface area contributed by atoms with E-state index >= 15 is 0 Å². The second kappa shape index (κ2) is 4.48. The number of carbonyl (C=O) groups is 1. The number of rotatable bonds is 1. The first-order chi connectivity index (χ1) is 8.24. The fraction of sp³-hybridized carbons (Fsp3) is 0.923. The smallest absolute Gasteiger partial charge is 0.317 e. The largest absolute Gasteiger partial charge is 0.335 e. The number of fused-ring (bicyclic) bond motifs is 2. The lowest BCUT2D eigenvalue weighted by molar-refractivity contribution is 0.178. The Kier molecular flexibility index (Phi) is 2.99. The fourth-order valence-corrected chi connectivity index (χ4v) is 3.31. The number of carbonyl (C=O) groups excluding carboxylic acids is 1. The third kappa shape index (κ3) is 2.15. The number of likely N-dealkylation sites (tertiary alicyclic amines) is 1. The molecular weight excluding hydrogens is 214 g/mol. The Hall–Kier alpha value is -0.770. The summed E-state index contributed by atoms with van der Waals surface area (Å²) in [6, 6.07) is 1.94. The quantitative estimate of drug-likeness (QED) is 0.748. The molecule has 1 aliphatic carbocycles. The number of amides is 2. The van der Waals surface area contributed by atoms with Crippen molar-refractivity contribution < 1.29 is 4.79 Å². The average molecular weight is 237 g/mol. The van der Waals surface area contributed by atoms with Crippen LogP contribution in [0.3, 0.4) is 0 Å². The zero-order chi connectivity index (χ0) is 11.8. The van der Waals surface area contributed by atoms with Gasteiger partial charge in [0.15, 0.2) is 0 Å². The Labute approximate surface area is 103 Å². The predicted molar refractivity (Wildman–Crippen MR) is 66.9 cm³/mol. The Morgan fingerprint density at radius 1 is 1.12 bits per heavy atom. The van der Waals surface area contributed by atoms with Crippen molar-refractivity contribution in [2.45, 2.75) is 56.7 Å². The van der Waals surface area contributed by atoms with E-state index in [-0.39, 0.29) is 6.03 Å². The lowest BCUT2D eigenvalue weighted by atomic mass is 9.93. The molecule has 2 amide bonds. The van der Waals surface area contributed by atoms with E-state index in [0.29, 0.717) is 18.1 Å². The number of nitrogens with zero attached hydrogens (tertiary/aromatic N) is 2. The summed E-state index contributed by atoms with van der Waals surface area (Å²) in [6.45, 7) is 1.86. The summed E-state index contributed by atoms with van der Waals surface area (Å²) >= 11 is 0. The van der Waals surface area contributed by atoms with E-state index in [1.54, 1.807) is 0 Å². The van der Waals surface area contributed by atoms with Crippen LogP contribution in [0.5, 0.6) is 0 Å². The van der Waals surface area contributed by atoms with E-state index in [0.717, 1.165) is 19.5 Å². The van der Waals surface area contributed by atoms with Gasteiger partial charge in [-0.15, -0.1) is 0 Å². The number of hydrogen-bond acceptors (Lipinski definition) is 2. The van der Waals surface area contributed by atoms with Crippen LogP contribution in [-0.4, -0.2) is 54.1 Å². The van der Waals surface area contributed by atoms with Crippen LogP contribution >= 0.6 is 0 Å². The molecule has 3 rings (SSSR count). The van der Waals surface area contributed by atoms with E-state index < -0.39 is 0 Å². The zero-order valence-electron chi connectivity index (χ0n) is 10.7. The SMILES string of the molecule is CN1C2CCC1CN(C(=O)NC1CCC1)CC2. The van der Waals surface area contributed by atoms with Crippen molar-refractivity contribution in [1.82, 2.24) is 15.1 Å². The van der Waals surface area contributed by atoms with Crippen molar-refractivity contribution in [3.8, 4) is 0 Å². The molecule has 96 valence electrons. The average Bonchev–Trinajstić information content (AvgIpc) is 2.47. The van der Waals surface area contributed by atoms with E-state index in [9.17, 15) is 4.79 Å². The first-order valence-corrected chi connectivity index (χ1v) is 7.01. The molecule has 17 heavy (non-hydrogen) atoms. The van der Waals surface area contributed by atoms with E-state index in [1.807, 2.05) is 4.90 Å². The lowest BCUT2D eigenvalue weighted by Crippen LogP contribution is -2.49. The van der Waals surface area contributed by atoms with Gasteiger partial charge < -0.3 is 10.2 Å². The van der Waals surface area contributed by atoms with E-state index in [2.05, 4.69) is 17.3 Å². The monoisotopic (exact) mass is 237 g/mol. The lowest BCUT2D eigenvalue weighted by Gasteiger charge is -2.31. The first-order valence-electron chi connectivity index (χ1n) is 7.01. The molecule has 0 radical (unpaired) electrons. The van der Waals surface area contributed by atoms with Gasteiger partial charge in [-0.1, -0.05) is 0 Å². The maximum absolute atomic E-state index is 12.1. The highest BCUT2D eigenvalue weighted by molar-refractivity contribution is 5.74. The van der Waals surface area contributed by atoms with Gasteiger partial charge in [0.25, 0.3) is 0 Å². The summed E-state index contributed by atoms with van der Waals surface area (Å²) in [6.07, 6.45) is 7.34. The van der Waals surface area contributed by atoms with Gasteiger partial charge in [0.1, 0.15) is 0 Å². The highest BCUT2D eigenvalue weighted by atomic mass is 16.2. The summed E-state index contributed by atoms with van der Waals surface area (Å²) in [5.74, 6) is 0. The molecule has 3 fully saturated rings. The van der Waals surface area contributed by atoms with Gasteiger partial charge in [0.05, 0.1) is 0 Å². The number of likely N-dealkylation sites (N-methyl/N-ethyl adjacent to an activating group) is 1. The van der Waals surface area contributed by atoms with Crippen LogP contribution < -0.4 is 5.32 Å². The molecule has 4 heteroatoms. The number of hydrogen-bond donors (Lipinski definition) is 1. The number of urea groups is 1. The Morgan fingerprint density at radius 3 is 2.59 bits per heavy atom. The van der Waals surface area contributed by atoms with Gasteiger partial charge in [0.2, 0.25) is 0 Å². The van der Waals surface area contributed by atoms with Crippen LogP contribution in [-0.2, 0) is 0 Å². The van der Waals surface area contributed by atoms with E-state index in [4.69, 9.17) is 0 Å². The molecule has 1 N–H and O–H groups in total. The standard InChI is InChI=1S/C13H23N3O/c1-15-11-5-6-12(15)9-16(8-7-11)13(17)14-10-3-2-4-10/h10-12H,2-9H2,1H3,(H,14,17). The summed E-state index contributed by atoms with van der Waals surface area (Å²) in [4.78, 5) is 16.7. The molecule has 2 bridgehead atoms. The second-order valence-corrected chi connectivity index (χ2v) is 5.86. The van der Waals surface area contributed by atoms with Gasteiger partial charge in [-0.25, -0.2) is 4.79 Å². The van der Waals surface area contributed by atoms with E-state index in [1.165, 1.54) is 32.1 Å². The first kappa shape index (κ1) is 11.3. The van der Waals surface area contributed by atoms with Crippen LogP contribution in [0, 0.1) is 0 Å². The molecule has 0 aromatic carbocycles. The van der Waals surface area contributed by atoms with Crippen LogP contribution in [0.2, 0.25) is 0 Å². The third-order valence-electron chi connectivity index (χ3n) is 4.87. The molecule has 2 heterocycles. The maximum Gasteiger partial charge on any atom is 0.317 e. The van der Waals surface area contributed by atoms with Gasteiger partial charge in [-0.3, -0.25) is 4.90 Å². The van der Waals surface area contributed by atoms with Crippen molar-refractivity contribution in [2.24, 2.45) is 0 Å². The maximum atomic E-state index is 12.1. The minimum Gasteiger partial charge on any atom is -0.335 e. The molecule has 2 aliphatic heterocycles. The molecule has 1 saturated carbocycles. The van der Waals surface area contributed by atoms with Crippen molar-refractivity contribution in [3.63, 3.8) is 0 Å². The van der Waals surface area contributed by atoms with Crippen LogP contribution in [0.25, 0.3) is 0 Å². The highest BCUT2D eigenvalue weighted by Crippen LogP contribution is 2.28. The summed E-state index contributed by atoms with van der Waals surface area (Å²) in [5.41, 5.74) is 0. The van der Waals surface area contributed by atoms with Crippen molar-refractivity contribution in [2.75, 3.05) is 20.1 Å². The predicted octanol–water partition coefficient (Wildman–Crippen LogP) is 1.42. The summed E-state index contributed by atoms with van der Waals surface area (Å²) in [5, 5.41) is 3.16. The van der Waals surface area contributed by atoms with Gasteiger partial charge in [-0.05, 0) is 45.6 Å². The molecule has 4 nitrogen and oxygen atoms in total. The van der Waals surface area contributed by atoms with Crippen LogP contribution in [0.15, 0.2) is 0 Å². The third-order valence-corrected chi connectivity index (χ3v) is 4.87. The van der Waals surface area contributed by atoms with Crippen LogP contribution in [0.4, 0.5) is 4.79 Å². The van der Waals surface area contributed by atoms with Crippen molar-refractivity contribution in [3.05, 3.63) is 0 Å². The second-order valence-electron chi connectivity index (χ2n) is 5.86. The number of nitrogens with one attached hydrogen (secondary N) is 1. The van der Waals surface area contributed by atoms with Crippen molar-refractivity contribution in [1.29, 1.82) is 0 Å². The molecule has 0 spiro atoms. The minimum absolute atomic E-state index is 0.177. The fourth-order valence-electron chi connectivity index (χ4n) is 3.31.